The average molecular weight is 1200 g/mol. The van der Waals surface area contributed by atoms with Crippen LogP contribution in [0.5, 0.6) is 0 Å². The monoisotopic (exact) mass is 1200 g/mol. The highest BCUT2D eigenvalue weighted by molar-refractivity contribution is 5.99. The maximum atomic E-state index is 15.1. The number of hydrogen-bond acceptors (Lipinski definition) is 12. The molecule has 0 saturated carbocycles. The Balaban J connectivity index is 4.32. The second-order valence-electron chi connectivity index (χ2n) is 26.1. The van der Waals surface area contributed by atoms with E-state index in [0.717, 1.165) is 9.80 Å². The van der Waals surface area contributed by atoms with Crippen molar-refractivity contribution in [3.05, 3.63) is 12.2 Å². The van der Waals surface area contributed by atoms with Crippen molar-refractivity contribution in [1.82, 2.24) is 55.6 Å². The highest BCUT2D eigenvalue weighted by Gasteiger charge is 2.45. The molecule has 23 nitrogen and oxygen atoms in total. The SMILES string of the molecule is C/C=C/C[C@@H](C)[C@@H](O)[C@H]1C(=O)N[C@@H](CC)C(=O)N(C)CC(=O)N(C)C(CC(C)C)C(=O)N[C@@H](C(C)C)C(=O)N(C)[C@@H](CC(C)C)C(=O)N[C@@H](C)C(=O)N[C@H](C)C(=O)N(C)[C@@H](CC(C)C)C(=O)N(C)[C@@H](CC(C)C)C(=O)N(C)[C@@H](C(C)C)C(=O)N1C. The van der Waals surface area contributed by atoms with Crippen molar-refractivity contribution in [3.8, 4) is 0 Å². The van der Waals surface area contributed by atoms with Crippen LogP contribution in [0.25, 0.3) is 0 Å². The van der Waals surface area contributed by atoms with Crippen molar-refractivity contribution in [2.45, 2.75) is 223 Å². The number of carbonyl (C=O) groups is 11. The molecule has 0 aliphatic carbocycles. The van der Waals surface area contributed by atoms with Crippen molar-refractivity contribution >= 4 is 65.0 Å². The van der Waals surface area contributed by atoms with Gasteiger partial charge in [0.05, 0.1) is 12.6 Å². The van der Waals surface area contributed by atoms with Crippen molar-refractivity contribution in [2.75, 3.05) is 55.9 Å². The number of aliphatic hydroxyl groups is 1. The van der Waals surface area contributed by atoms with E-state index in [4.69, 9.17) is 0 Å². The largest absolute Gasteiger partial charge is 0.390 e. The normalized spacial score (nSPS) is 26.9. The fourth-order valence-corrected chi connectivity index (χ4v) is 10.7. The third-order valence-electron chi connectivity index (χ3n) is 16.1. The summed E-state index contributed by atoms with van der Waals surface area (Å²) < 4.78 is 0. The van der Waals surface area contributed by atoms with Crippen molar-refractivity contribution < 1.29 is 57.8 Å². The Morgan fingerprint density at radius 2 is 0.871 bits per heavy atom. The summed E-state index contributed by atoms with van der Waals surface area (Å²) in [5.74, 6) is -9.71. The molecule has 0 radical (unpaired) electrons. The zero-order chi connectivity index (χ0) is 66.0. The lowest BCUT2D eigenvalue weighted by molar-refractivity contribution is -0.157. The number of aliphatic hydroxyl groups excluding tert-OH is 1. The van der Waals surface area contributed by atoms with Crippen LogP contribution in [0.15, 0.2) is 12.2 Å². The summed E-state index contributed by atoms with van der Waals surface area (Å²) in [5.41, 5.74) is 0. The van der Waals surface area contributed by atoms with E-state index in [1.807, 2.05) is 61.5 Å². The van der Waals surface area contributed by atoms with E-state index in [9.17, 15) is 48.3 Å². The summed E-state index contributed by atoms with van der Waals surface area (Å²) in [6.45, 7) is 29.3. The van der Waals surface area contributed by atoms with Gasteiger partial charge in [0.2, 0.25) is 65.0 Å². The van der Waals surface area contributed by atoms with Crippen LogP contribution in [0.3, 0.4) is 0 Å². The Bertz CT molecular complexity index is 2330. The van der Waals surface area contributed by atoms with Gasteiger partial charge in [-0.1, -0.05) is 109 Å². The molecule has 486 valence electrons. The van der Waals surface area contributed by atoms with Gasteiger partial charge in [-0.05, 0) is 101 Å². The highest BCUT2D eigenvalue weighted by Crippen LogP contribution is 2.26. The lowest BCUT2D eigenvalue weighted by atomic mass is 9.91. The Kier molecular flexibility index (Phi) is 31.5. The topological polar surface area (TPSA) is 279 Å². The number of likely N-dealkylation sites (N-methyl/N-ethyl adjacent to an activating group) is 7. The number of nitrogens with zero attached hydrogens (tertiary/aromatic N) is 7. The minimum Gasteiger partial charge on any atom is -0.390 e. The molecule has 1 aliphatic heterocycles. The minimum absolute atomic E-state index is 0.0229. The van der Waals surface area contributed by atoms with E-state index in [1.165, 1.54) is 87.7 Å². The second-order valence-corrected chi connectivity index (χ2v) is 26.1. The first kappa shape index (κ1) is 76.9. The van der Waals surface area contributed by atoms with E-state index < -0.39 is 156 Å². The first-order valence-corrected chi connectivity index (χ1v) is 30.6. The van der Waals surface area contributed by atoms with Crippen LogP contribution in [0, 0.1) is 41.4 Å². The van der Waals surface area contributed by atoms with Crippen molar-refractivity contribution in [3.63, 3.8) is 0 Å². The Hall–Kier alpha value is -6.13. The molecule has 1 aliphatic rings. The van der Waals surface area contributed by atoms with Gasteiger partial charge in [0.15, 0.2) is 0 Å². The quantitative estimate of drug-likeness (QED) is 0.148. The molecule has 12 atom stereocenters. The van der Waals surface area contributed by atoms with Crippen LogP contribution in [-0.2, 0) is 52.7 Å². The molecular weight excluding hydrogens is 1090 g/mol. The number of hydrogen-bond donors (Lipinski definition) is 5. The van der Waals surface area contributed by atoms with Crippen LogP contribution in [0.2, 0.25) is 0 Å². The molecule has 1 saturated heterocycles. The minimum atomic E-state index is -1.61. The Morgan fingerprint density at radius 1 is 0.459 bits per heavy atom. The van der Waals surface area contributed by atoms with E-state index >= 15 is 9.59 Å². The first-order valence-electron chi connectivity index (χ1n) is 30.6. The summed E-state index contributed by atoms with van der Waals surface area (Å²) in [4.78, 5) is 169. The van der Waals surface area contributed by atoms with Crippen LogP contribution in [0.1, 0.15) is 156 Å². The molecule has 1 unspecified atom stereocenters. The third-order valence-corrected chi connectivity index (χ3v) is 16.1. The molecule has 0 spiro atoms. The van der Waals surface area contributed by atoms with Gasteiger partial charge in [0.1, 0.15) is 60.4 Å². The number of nitrogens with one attached hydrogen (secondary N) is 4. The maximum Gasteiger partial charge on any atom is 0.246 e. The molecule has 0 bridgehead atoms. The zero-order valence-electron chi connectivity index (χ0n) is 56.1. The predicted molar refractivity (Wildman–Crippen MR) is 328 cm³/mol. The van der Waals surface area contributed by atoms with Gasteiger partial charge in [-0.15, -0.1) is 0 Å². The lowest BCUT2D eigenvalue weighted by Crippen LogP contribution is -2.63. The molecule has 0 aromatic heterocycles. The van der Waals surface area contributed by atoms with Crippen LogP contribution in [-0.4, -0.2) is 227 Å². The summed E-state index contributed by atoms with van der Waals surface area (Å²) in [5, 5.41) is 23.1. The van der Waals surface area contributed by atoms with Gasteiger partial charge in [-0.2, -0.15) is 0 Å². The van der Waals surface area contributed by atoms with E-state index in [1.54, 1.807) is 54.5 Å². The summed E-state index contributed by atoms with van der Waals surface area (Å²) in [6, 6.07) is -12.3. The number of carbonyl (C=O) groups excluding carboxylic acids is 11. The lowest BCUT2D eigenvalue weighted by Gasteiger charge is -2.41. The number of rotatable bonds is 15. The third kappa shape index (κ3) is 21.7. The Labute approximate surface area is 508 Å². The standard InChI is InChI=1S/C62H111N11O12/c1-25-27-28-40(15)52(75)51-56(79)65-43(26-2)58(81)67(18)33-48(74)68(19)44(29-34(3)4)55(78)66-49(38(11)12)61(84)69(20)45(30-35(5)6)54(77)63-41(16)53(76)64-42(17)57(80)70(21)46(31-36(7)8)59(82)71(22)47(32-37(9)10)60(83)72(23)50(39(13)14)62(85)73(51)24/h25,27,34-47,49-52,75H,26,28-33H2,1-24H3,(H,63,77)(H,64,76)(H,65,79)(H,66,78)/b27-25+/t40-,41+,42-,43+,44?,45+,46+,47+,49+,50+,51+,52-/m1/s1. The van der Waals surface area contributed by atoms with Gasteiger partial charge in [0.25, 0.3) is 0 Å². The van der Waals surface area contributed by atoms with Gasteiger partial charge in [-0.3, -0.25) is 52.7 Å². The predicted octanol–water partition coefficient (Wildman–Crippen LogP) is 3.27. The molecule has 85 heavy (non-hydrogen) atoms. The molecule has 23 heteroatoms. The fourth-order valence-electron chi connectivity index (χ4n) is 10.7. The summed E-state index contributed by atoms with van der Waals surface area (Å²) >= 11 is 0. The van der Waals surface area contributed by atoms with E-state index in [2.05, 4.69) is 21.3 Å². The second kappa shape index (κ2) is 34.9. The maximum absolute atomic E-state index is 15.1. The molecule has 5 N–H and O–H groups in total. The molecule has 1 fully saturated rings. The van der Waals surface area contributed by atoms with E-state index in [-0.39, 0.29) is 55.8 Å². The smallest absolute Gasteiger partial charge is 0.246 e. The Morgan fingerprint density at radius 3 is 1.32 bits per heavy atom. The highest BCUT2D eigenvalue weighted by atomic mass is 16.3. The first-order chi connectivity index (χ1) is 39.2. The van der Waals surface area contributed by atoms with E-state index in [0.29, 0.717) is 6.42 Å². The fraction of sp³-hybridized carbons (Fsp3) is 0.790. The van der Waals surface area contributed by atoms with Gasteiger partial charge >= 0.3 is 0 Å². The molecule has 1 rings (SSSR count). The number of allylic oxidation sites excluding steroid dienone is 2. The molecular formula is C62H111N11O12. The summed E-state index contributed by atoms with van der Waals surface area (Å²) in [7, 11) is 9.92. The molecule has 0 aromatic rings. The summed E-state index contributed by atoms with van der Waals surface area (Å²) in [6.07, 6.45) is 3.04. The van der Waals surface area contributed by atoms with Crippen molar-refractivity contribution in [1.29, 1.82) is 0 Å². The van der Waals surface area contributed by atoms with Crippen molar-refractivity contribution in [2.24, 2.45) is 41.4 Å². The van der Waals surface area contributed by atoms with Crippen LogP contribution in [0.4, 0.5) is 0 Å². The zero-order valence-corrected chi connectivity index (χ0v) is 56.1. The number of amides is 11. The van der Waals surface area contributed by atoms with Gasteiger partial charge in [-0.25, -0.2) is 0 Å². The van der Waals surface area contributed by atoms with Crippen LogP contribution >= 0.6 is 0 Å². The van der Waals surface area contributed by atoms with Gasteiger partial charge in [0, 0.05) is 49.3 Å². The molecule has 1 heterocycles. The molecule has 11 amide bonds. The van der Waals surface area contributed by atoms with Crippen LogP contribution < -0.4 is 21.3 Å². The van der Waals surface area contributed by atoms with Gasteiger partial charge < -0.3 is 60.7 Å². The average Bonchev–Trinajstić information content (AvgIpc) is 3.62. The molecule has 0 aromatic carbocycles.